The number of furan rings is 1. The van der Waals surface area contributed by atoms with E-state index in [1.54, 1.807) is 16.7 Å². The number of aryl methyl sites for hydroxylation is 1. The van der Waals surface area contributed by atoms with Crippen LogP contribution in [0.5, 0.6) is 0 Å². The Hall–Kier alpha value is -1.95. The van der Waals surface area contributed by atoms with Crippen LogP contribution >= 0.6 is 11.8 Å². The van der Waals surface area contributed by atoms with Crippen molar-refractivity contribution in [2.24, 2.45) is 0 Å². The highest BCUT2D eigenvalue weighted by Crippen LogP contribution is 2.27. The molecule has 0 aliphatic carbocycles. The molecule has 1 N–H and O–H groups in total. The molecule has 1 amide bonds. The molecule has 1 atom stereocenters. The highest BCUT2D eigenvalue weighted by molar-refractivity contribution is 7.99. The molecule has 0 saturated carbocycles. The van der Waals surface area contributed by atoms with Crippen molar-refractivity contribution >= 4 is 34.6 Å². The van der Waals surface area contributed by atoms with E-state index >= 15 is 0 Å². The van der Waals surface area contributed by atoms with Crippen molar-refractivity contribution in [3.05, 3.63) is 35.6 Å². The first-order valence-corrected chi connectivity index (χ1v) is 8.86. The zero-order chi connectivity index (χ0) is 16.4. The average Bonchev–Trinajstić information content (AvgIpc) is 2.97. The van der Waals surface area contributed by atoms with Gasteiger partial charge in [-0.25, -0.2) is 0 Å². The van der Waals surface area contributed by atoms with Crippen molar-refractivity contribution in [2.75, 3.05) is 18.1 Å². The number of rotatable bonds is 4. The van der Waals surface area contributed by atoms with Crippen LogP contribution in [-0.4, -0.2) is 46.0 Å². The highest BCUT2D eigenvalue weighted by atomic mass is 32.2. The minimum absolute atomic E-state index is 0.0191. The van der Waals surface area contributed by atoms with Crippen LogP contribution in [0.25, 0.3) is 11.0 Å². The van der Waals surface area contributed by atoms with E-state index in [1.807, 2.05) is 18.2 Å². The van der Waals surface area contributed by atoms with E-state index in [1.165, 1.54) is 6.26 Å². The number of thioether (sulfide) groups is 1. The molecule has 0 bridgehead atoms. The third-order valence-electron chi connectivity index (χ3n) is 4.18. The zero-order valence-electron chi connectivity index (χ0n) is 12.9. The normalized spacial score (nSPS) is 18.3. The van der Waals surface area contributed by atoms with Crippen LogP contribution < -0.4 is 0 Å². The first kappa shape index (κ1) is 15.9. The van der Waals surface area contributed by atoms with Gasteiger partial charge < -0.3 is 14.4 Å². The van der Waals surface area contributed by atoms with E-state index in [0.717, 1.165) is 23.1 Å². The molecule has 6 heteroatoms. The van der Waals surface area contributed by atoms with Gasteiger partial charge >= 0.3 is 5.97 Å². The molecule has 2 heterocycles. The maximum atomic E-state index is 12.9. The van der Waals surface area contributed by atoms with Crippen molar-refractivity contribution in [2.45, 2.75) is 25.8 Å². The largest absolute Gasteiger partial charge is 0.481 e. The molecule has 0 spiro atoms. The van der Waals surface area contributed by atoms with E-state index in [4.69, 9.17) is 9.52 Å². The van der Waals surface area contributed by atoms with Crippen molar-refractivity contribution in [3.8, 4) is 0 Å². The summed E-state index contributed by atoms with van der Waals surface area (Å²) in [4.78, 5) is 25.7. The quantitative estimate of drug-likeness (QED) is 0.931. The fraction of sp³-hybridized carbons (Fsp3) is 0.412. The molecule has 122 valence electrons. The molecule has 1 aliphatic heterocycles. The molecule has 1 aliphatic rings. The predicted molar refractivity (Wildman–Crippen MR) is 90.0 cm³/mol. The van der Waals surface area contributed by atoms with E-state index in [9.17, 15) is 9.59 Å². The Labute approximate surface area is 138 Å². The summed E-state index contributed by atoms with van der Waals surface area (Å²) in [6.07, 6.45) is 2.36. The van der Waals surface area contributed by atoms with Crippen molar-refractivity contribution < 1.29 is 19.1 Å². The number of carboxylic acids is 1. The lowest BCUT2D eigenvalue weighted by atomic mass is 10.1. The molecule has 23 heavy (non-hydrogen) atoms. The van der Waals surface area contributed by atoms with E-state index < -0.39 is 5.97 Å². The summed E-state index contributed by atoms with van der Waals surface area (Å²) in [6.45, 7) is 2.63. The zero-order valence-corrected chi connectivity index (χ0v) is 13.8. The Morgan fingerprint density at radius 3 is 3.00 bits per heavy atom. The predicted octanol–water partition coefficient (Wildman–Crippen LogP) is 3.03. The second-order valence-electron chi connectivity index (χ2n) is 5.66. The van der Waals surface area contributed by atoms with Crippen LogP contribution in [0, 0.1) is 0 Å². The van der Waals surface area contributed by atoms with Gasteiger partial charge in [0.25, 0.3) is 5.91 Å². The lowest BCUT2D eigenvalue weighted by molar-refractivity contribution is -0.138. The summed E-state index contributed by atoms with van der Waals surface area (Å²) in [5, 5.41) is 9.88. The SMILES string of the molecule is CCc1ccc2occ(C(=O)N3CCSCC3CC(=O)O)c2c1. The Balaban J connectivity index is 1.93. The van der Waals surface area contributed by atoms with Gasteiger partial charge in [0.1, 0.15) is 11.8 Å². The second kappa shape index (κ2) is 6.66. The number of benzene rings is 1. The molecule has 5 nitrogen and oxygen atoms in total. The van der Waals surface area contributed by atoms with Gasteiger partial charge in [-0.2, -0.15) is 11.8 Å². The summed E-state index contributed by atoms with van der Waals surface area (Å²) in [5.41, 5.74) is 2.36. The van der Waals surface area contributed by atoms with Crippen LogP contribution in [0.1, 0.15) is 29.3 Å². The van der Waals surface area contributed by atoms with Crippen LogP contribution in [0.3, 0.4) is 0 Å². The number of nitrogens with zero attached hydrogens (tertiary/aromatic N) is 1. The van der Waals surface area contributed by atoms with E-state index in [0.29, 0.717) is 23.4 Å². The van der Waals surface area contributed by atoms with Gasteiger partial charge in [-0.15, -0.1) is 0 Å². The average molecular weight is 333 g/mol. The van der Waals surface area contributed by atoms with Crippen molar-refractivity contribution in [1.82, 2.24) is 4.90 Å². The van der Waals surface area contributed by atoms with Gasteiger partial charge in [0.2, 0.25) is 0 Å². The topological polar surface area (TPSA) is 70.8 Å². The summed E-state index contributed by atoms with van der Waals surface area (Å²) in [7, 11) is 0. The first-order chi connectivity index (χ1) is 11.1. The number of carbonyl (C=O) groups is 2. The number of carbonyl (C=O) groups excluding carboxylic acids is 1. The molecular weight excluding hydrogens is 314 g/mol. The molecule has 1 unspecified atom stereocenters. The number of aliphatic carboxylic acids is 1. The standard InChI is InChI=1S/C17H19NO4S/c1-2-11-3-4-15-13(7-11)14(9-22-15)17(21)18-5-6-23-10-12(18)8-16(19)20/h3-4,7,9,12H,2,5-6,8,10H2,1H3,(H,19,20). The van der Waals surface area contributed by atoms with Gasteiger partial charge in [0, 0.05) is 23.4 Å². The van der Waals surface area contributed by atoms with E-state index in [-0.39, 0.29) is 18.4 Å². The number of hydrogen-bond acceptors (Lipinski definition) is 4. The summed E-state index contributed by atoms with van der Waals surface area (Å²) >= 11 is 1.69. The summed E-state index contributed by atoms with van der Waals surface area (Å²) in [6, 6.07) is 5.59. The van der Waals surface area contributed by atoms with Crippen LogP contribution in [-0.2, 0) is 11.2 Å². The molecule has 1 saturated heterocycles. The Morgan fingerprint density at radius 2 is 2.26 bits per heavy atom. The Morgan fingerprint density at radius 1 is 1.43 bits per heavy atom. The molecule has 1 fully saturated rings. The lowest BCUT2D eigenvalue weighted by Gasteiger charge is -2.34. The Bertz CT molecular complexity index is 739. The smallest absolute Gasteiger partial charge is 0.305 e. The Kier molecular flexibility index (Phi) is 4.61. The third-order valence-corrected chi connectivity index (χ3v) is 5.27. The van der Waals surface area contributed by atoms with Gasteiger partial charge in [0.05, 0.1) is 18.0 Å². The van der Waals surface area contributed by atoms with Crippen molar-refractivity contribution in [1.29, 1.82) is 0 Å². The van der Waals surface area contributed by atoms with Gasteiger partial charge in [-0.1, -0.05) is 13.0 Å². The number of hydrogen-bond donors (Lipinski definition) is 1. The maximum absolute atomic E-state index is 12.9. The second-order valence-corrected chi connectivity index (χ2v) is 6.81. The minimum Gasteiger partial charge on any atom is -0.481 e. The third kappa shape index (κ3) is 3.22. The summed E-state index contributed by atoms with van der Waals surface area (Å²) < 4.78 is 5.51. The monoisotopic (exact) mass is 333 g/mol. The number of amides is 1. The first-order valence-electron chi connectivity index (χ1n) is 7.70. The summed E-state index contributed by atoms with van der Waals surface area (Å²) in [5.74, 6) is 0.482. The van der Waals surface area contributed by atoms with Crippen molar-refractivity contribution in [3.63, 3.8) is 0 Å². The minimum atomic E-state index is -0.874. The fourth-order valence-corrected chi connectivity index (χ4v) is 3.97. The molecular formula is C17H19NO4S. The van der Waals surface area contributed by atoms with Crippen LogP contribution in [0.15, 0.2) is 28.9 Å². The molecule has 1 aromatic heterocycles. The highest BCUT2D eigenvalue weighted by Gasteiger charge is 2.31. The molecule has 3 rings (SSSR count). The van der Waals surface area contributed by atoms with Crippen LogP contribution in [0.4, 0.5) is 0 Å². The number of fused-ring (bicyclic) bond motifs is 1. The molecule has 0 radical (unpaired) electrons. The van der Waals surface area contributed by atoms with Gasteiger partial charge in [-0.3, -0.25) is 9.59 Å². The van der Waals surface area contributed by atoms with Gasteiger partial charge in [0.15, 0.2) is 0 Å². The van der Waals surface area contributed by atoms with Crippen LogP contribution in [0.2, 0.25) is 0 Å². The molecule has 2 aromatic rings. The van der Waals surface area contributed by atoms with Gasteiger partial charge in [-0.05, 0) is 24.1 Å². The fourth-order valence-electron chi connectivity index (χ4n) is 2.91. The molecule has 1 aromatic carbocycles. The number of carboxylic acid groups (broad SMARTS) is 1. The lowest BCUT2D eigenvalue weighted by Crippen LogP contribution is -2.47. The maximum Gasteiger partial charge on any atom is 0.305 e. The van der Waals surface area contributed by atoms with E-state index in [2.05, 4.69) is 6.92 Å².